The summed E-state index contributed by atoms with van der Waals surface area (Å²) < 4.78 is 14.5. The van der Waals surface area contributed by atoms with E-state index in [0.717, 1.165) is 0 Å². The molecular weight excluding hydrogens is 368 g/mol. The van der Waals surface area contributed by atoms with E-state index in [9.17, 15) is 14.7 Å². The first-order valence-corrected chi connectivity index (χ1v) is 8.69. The number of alkyl halides is 1. The summed E-state index contributed by atoms with van der Waals surface area (Å²) in [6, 6.07) is 0. The molecule has 0 spiro atoms. The van der Waals surface area contributed by atoms with E-state index in [1.165, 1.54) is 14.0 Å². The highest BCUT2D eigenvalue weighted by Gasteiger charge is 2.57. The number of aliphatic hydroxyl groups is 1. The predicted octanol–water partition coefficient (Wildman–Crippen LogP) is 2.26. The van der Waals surface area contributed by atoms with Gasteiger partial charge in [0.15, 0.2) is 0 Å². The van der Waals surface area contributed by atoms with E-state index in [-0.39, 0.29) is 35.9 Å². The molecule has 134 valence electrons. The SMILES string of the molecule is CC[C@@H](OC(C)=O)[C@@H](C)C1O[C@](Br)(C(=O)OC)C(O)[C@@H](C)[C@H]1C. The number of methoxy groups -OCH3 is 1. The number of esters is 2. The summed E-state index contributed by atoms with van der Waals surface area (Å²) in [6.07, 6.45) is -1.10. The molecule has 0 aromatic carbocycles. The van der Waals surface area contributed by atoms with Gasteiger partial charge in [0, 0.05) is 12.8 Å². The highest BCUT2D eigenvalue weighted by Crippen LogP contribution is 2.44. The van der Waals surface area contributed by atoms with Crippen molar-refractivity contribution >= 4 is 27.9 Å². The zero-order chi connectivity index (χ0) is 17.9. The van der Waals surface area contributed by atoms with Crippen molar-refractivity contribution in [1.29, 1.82) is 0 Å². The minimum atomic E-state index is -1.61. The van der Waals surface area contributed by atoms with Crippen LogP contribution in [0.5, 0.6) is 0 Å². The lowest BCUT2D eigenvalue weighted by atomic mass is 9.75. The van der Waals surface area contributed by atoms with Crippen LogP contribution in [0.1, 0.15) is 41.0 Å². The quantitative estimate of drug-likeness (QED) is 0.568. The Kier molecular flexibility index (Phi) is 7.04. The Balaban J connectivity index is 3.09. The van der Waals surface area contributed by atoms with Gasteiger partial charge in [0.1, 0.15) is 12.2 Å². The number of halogens is 1. The fraction of sp³-hybridized carbons (Fsp3) is 0.875. The third-order valence-corrected chi connectivity index (χ3v) is 5.80. The van der Waals surface area contributed by atoms with E-state index < -0.39 is 16.6 Å². The van der Waals surface area contributed by atoms with Crippen molar-refractivity contribution in [1.82, 2.24) is 0 Å². The van der Waals surface area contributed by atoms with Gasteiger partial charge in [-0.15, -0.1) is 0 Å². The first kappa shape index (κ1) is 20.4. The highest BCUT2D eigenvalue weighted by atomic mass is 79.9. The van der Waals surface area contributed by atoms with Gasteiger partial charge >= 0.3 is 11.9 Å². The van der Waals surface area contributed by atoms with E-state index in [4.69, 9.17) is 14.2 Å². The van der Waals surface area contributed by atoms with Crippen LogP contribution in [-0.2, 0) is 23.8 Å². The average molecular weight is 395 g/mol. The van der Waals surface area contributed by atoms with Gasteiger partial charge in [-0.1, -0.05) is 27.7 Å². The molecule has 7 heteroatoms. The van der Waals surface area contributed by atoms with Crippen LogP contribution in [0, 0.1) is 17.8 Å². The van der Waals surface area contributed by atoms with Crippen LogP contribution in [-0.4, -0.2) is 47.0 Å². The molecule has 0 aromatic rings. The third kappa shape index (κ3) is 4.06. The molecule has 0 radical (unpaired) electrons. The lowest BCUT2D eigenvalue weighted by molar-refractivity contribution is -0.221. The van der Waals surface area contributed by atoms with Gasteiger partial charge in [0.05, 0.1) is 13.2 Å². The fourth-order valence-corrected chi connectivity index (χ4v) is 3.98. The van der Waals surface area contributed by atoms with Crippen molar-refractivity contribution in [3.63, 3.8) is 0 Å². The van der Waals surface area contributed by atoms with Gasteiger partial charge < -0.3 is 19.3 Å². The van der Waals surface area contributed by atoms with E-state index in [0.29, 0.717) is 6.42 Å². The predicted molar refractivity (Wildman–Crippen MR) is 87.9 cm³/mol. The molecule has 1 N–H and O–H groups in total. The summed E-state index contributed by atoms with van der Waals surface area (Å²) >= 11 is 3.23. The van der Waals surface area contributed by atoms with E-state index in [2.05, 4.69) is 15.9 Å². The molecule has 1 aliphatic heterocycles. The van der Waals surface area contributed by atoms with Crippen molar-refractivity contribution in [3.8, 4) is 0 Å². The van der Waals surface area contributed by atoms with Gasteiger partial charge in [0.2, 0.25) is 4.51 Å². The molecular formula is C16H27BrO6. The van der Waals surface area contributed by atoms with Crippen molar-refractivity contribution in [2.24, 2.45) is 17.8 Å². The van der Waals surface area contributed by atoms with Crippen molar-refractivity contribution in [2.45, 2.75) is 63.9 Å². The highest BCUT2D eigenvalue weighted by molar-refractivity contribution is 9.10. The second kappa shape index (κ2) is 7.94. The topological polar surface area (TPSA) is 82.1 Å². The summed E-state index contributed by atoms with van der Waals surface area (Å²) in [5.74, 6) is -1.40. The van der Waals surface area contributed by atoms with Gasteiger partial charge in [-0.25, -0.2) is 4.79 Å². The molecule has 1 saturated heterocycles. The Hall–Kier alpha value is -0.660. The molecule has 1 aliphatic rings. The van der Waals surface area contributed by atoms with Gasteiger partial charge in [-0.05, 0) is 34.2 Å². The van der Waals surface area contributed by atoms with E-state index >= 15 is 0 Å². The Morgan fingerprint density at radius 3 is 2.35 bits per heavy atom. The molecule has 0 bridgehead atoms. The van der Waals surface area contributed by atoms with Crippen LogP contribution in [0.4, 0.5) is 0 Å². The maximum absolute atomic E-state index is 12.1. The Morgan fingerprint density at radius 2 is 1.91 bits per heavy atom. The van der Waals surface area contributed by atoms with Crippen LogP contribution >= 0.6 is 15.9 Å². The van der Waals surface area contributed by atoms with Crippen molar-refractivity contribution < 1.29 is 28.9 Å². The molecule has 0 saturated carbocycles. The number of hydrogen-bond donors (Lipinski definition) is 1. The van der Waals surface area contributed by atoms with Crippen LogP contribution < -0.4 is 0 Å². The Bertz CT molecular complexity index is 442. The summed E-state index contributed by atoms with van der Waals surface area (Å²) in [5, 5.41) is 10.5. The van der Waals surface area contributed by atoms with Gasteiger partial charge in [-0.3, -0.25) is 4.79 Å². The van der Waals surface area contributed by atoms with Crippen LogP contribution in [0.25, 0.3) is 0 Å². The minimum Gasteiger partial charge on any atom is -0.466 e. The number of carbonyl (C=O) groups is 2. The zero-order valence-corrected chi connectivity index (χ0v) is 16.1. The van der Waals surface area contributed by atoms with E-state index in [1.807, 2.05) is 27.7 Å². The van der Waals surface area contributed by atoms with Crippen molar-refractivity contribution in [3.05, 3.63) is 0 Å². The van der Waals surface area contributed by atoms with E-state index in [1.54, 1.807) is 0 Å². The molecule has 1 heterocycles. The molecule has 0 amide bonds. The summed E-state index contributed by atoms with van der Waals surface area (Å²) in [7, 11) is 1.25. The van der Waals surface area contributed by atoms with Gasteiger partial charge in [-0.2, -0.15) is 0 Å². The second-order valence-electron chi connectivity index (χ2n) is 6.30. The van der Waals surface area contributed by atoms with Gasteiger partial charge in [0.25, 0.3) is 0 Å². The summed E-state index contributed by atoms with van der Waals surface area (Å²) in [6.45, 7) is 9.05. The fourth-order valence-electron chi connectivity index (χ4n) is 3.18. The molecule has 1 fully saturated rings. The first-order chi connectivity index (χ1) is 10.6. The maximum Gasteiger partial charge on any atom is 0.352 e. The maximum atomic E-state index is 12.1. The number of carbonyl (C=O) groups excluding carboxylic acids is 2. The normalized spacial score (nSPS) is 36.9. The molecule has 1 rings (SSSR count). The largest absolute Gasteiger partial charge is 0.466 e. The second-order valence-corrected chi connectivity index (χ2v) is 7.48. The number of aliphatic hydroxyl groups excluding tert-OH is 1. The number of rotatable bonds is 5. The van der Waals surface area contributed by atoms with Crippen molar-refractivity contribution in [2.75, 3.05) is 7.11 Å². The molecule has 23 heavy (non-hydrogen) atoms. The zero-order valence-electron chi connectivity index (χ0n) is 14.5. The van der Waals surface area contributed by atoms with Crippen LogP contribution in [0.15, 0.2) is 0 Å². The first-order valence-electron chi connectivity index (χ1n) is 7.90. The molecule has 6 nitrogen and oxygen atoms in total. The number of ether oxygens (including phenoxy) is 3. The Labute approximate surface area is 146 Å². The molecule has 0 aliphatic carbocycles. The smallest absolute Gasteiger partial charge is 0.352 e. The minimum absolute atomic E-state index is 0.0278. The Morgan fingerprint density at radius 1 is 1.35 bits per heavy atom. The monoisotopic (exact) mass is 394 g/mol. The molecule has 0 aromatic heterocycles. The molecule has 7 atom stereocenters. The van der Waals surface area contributed by atoms with Crippen LogP contribution in [0.3, 0.4) is 0 Å². The lowest BCUT2D eigenvalue weighted by Gasteiger charge is -2.48. The molecule has 2 unspecified atom stereocenters. The number of hydrogen-bond acceptors (Lipinski definition) is 6. The average Bonchev–Trinajstić information content (AvgIpc) is 2.52. The summed E-state index contributed by atoms with van der Waals surface area (Å²) in [5.41, 5.74) is 0. The lowest BCUT2D eigenvalue weighted by Crippen LogP contribution is -2.61. The summed E-state index contributed by atoms with van der Waals surface area (Å²) in [4.78, 5) is 23.4. The standard InChI is InChI=1S/C16H27BrO6/c1-7-12(22-11(5)18)10(4)13-8(2)9(3)14(19)16(17,23-13)15(20)21-6/h8-10,12-14,19H,7H2,1-6H3/t8-,9+,10-,12-,13?,14?,16+/m1/s1. The third-order valence-electron chi connectivity index (χ3n) is 4.82. The van der Waals surface area contributed by atoms with Crippen LogP contribution in [0.2, 0.25) is 0 Å².